The number of non-ortho nitro benzene ring substituents is 1. The molecular formula is C31H52N2O3. The van der Waals surface area contributed by atoms with E-state index in [0.29, 0.717) is 5.56 Å². The van der Waals surface area contributed by atoms with Gasteiger partial charge in [0.25, 0.3) is 5.69 Å². The van der Waals surface area contributed by atoms with Crippen LogP contribution in [0.1, 0.15) is 135 Å². The van der Waals surface area contributed by atoms with Crippen molar-refractivity contribution in [1.82, 2.24) is 4.90 Å². The van der Waals surface area contributed by atoms with E-state index in [0.717, 1.165) is 25.9 Å². The first-order valence-electron chi connectivity index (χ1n) is 14.8. The molecule has 0 spiro atoms. The minimum absolute atomic E-state index is 0.0145. The molecule has 204 valence electrons. The van der Waals surface area contributed by atoms with E-state index in [1.807, 2.05) is 4.90 Å². The number of nitro groups is 1. The quantitative estimate of drug-likeness (QED) is 0.0650. The van der Waals surface area contributed by atoms with Gasteiger partial charge in [-0.2, -0.15) is 0 Å². The van der Waals surface area contributed by atoms with Crippen LogP contribution < -0.4 is 0 Å². The van der Waals surface area contributed by atoms with Crippen LogP contribution in [0.3, 0.4) is 0 Å². The fraction of sp³-hybridized carbons (Fsp3) is 0.710. The monoisotopic (exact) mass is 500 g/mol. The average molecular weight is 501 g/mol. The molecule has 0 N–H and O–H groups in total. The zero-order valence-electron chi connectivity index (χ0n) is 23.2. The topological polar surface area (TPSA) is 63.5 Å². The number of carbonyl (C=O) groups excluding carboxylic acids is 1. The van der Waals surface area contributed by atoms with Gasteiger partial charge < -0.3 is 4.90 Å². The van der Waals surface area contributed by atoms with E-state index in [-0.39, 0.29) is 11.6 Å². The molecule has 1 aromatic carbocycles. The molecular weight excluding hydrogens is 448 g/mol. The SMILES string of the molecule is CCCCCCCCCCCN(CCCCCCCCCCC)C(=O)C=Cc1cccc([N+](=O)[O-])c1. The standard InChI is InChI=1S/C31H52N2O3/c1-3-5-7-9-11-13-15-17-19-26-32(27-20-18-16-14-12-10-8-6-4-2)31(34)25-24-29-22-21-23-30(28-29)33(35)36/h21-25,28H,3-20,26-27H2,1-2H3. The third-order valence-corrected chi connectivity index (χ3v) is 6.87. The maximum absolute atomic E-state index is 13.0. The van der Waals surface area contributed by atoms with Crippen molar-refractivity contribution in [3.63, 3.8) is 0 Å². The molecule has 1 rings (SSSR count). The summed E-state index contributed by atoms with van der Waals surface area (Å²) in [7, 11) is 0. The first-order chi connectivity index (χ1) is 17.6. The summed E-state index contributed by atoms with van der Waals surface area (Å²) in [4.78, 5) is 25.6. The highest BCUT2D eigenvalue weighted by molar-refractivity contribution is 5.91. The molecule has 0 aliphatic rings. The summed E-state index contributed by atoms with van der Waals surface area (Å²) in [5, 5.41) is 11.0. The van der Waals surface area contributed by atoms with Gasteiger partial charge in [-0.1, -0.05) is 129 Å². The maximum Gasteiger partial charge on any atom is 0.270 e. The number of benzene rings is 1. The van der Waals surface area contributed by atoms with Crippen molar-refractivity contribution in [3.05, 3.63) is 46.0 Å². The number of unbranched alkanes of at least 4 members (excludes halogenated alkanes) is 16. The molecule has 0 saturated carbocycles. The van der Waals surface area contributed by atoms with Crippen molar-refractivity contribution in [2.75, 3.05) is 13.1 Å². The van der Waals surface area contributed by atoms with Gasteiger partial charge >= 0.3 is 0 Å². The van der Waals surface area contributed by atoms with E-state index in [4.69, 9.17) is 0 Å². The molecule has 5 heteroatoms. The van der Waals surface area contributed by atoms with Gasteiger partial charge in [0.2, 0.25) is 5.91 Å². The summed E-state index contributed by atoms with van der Waals surface area (Å²) < 4.78 is 0. The molecule has 0 atom stereocenters. The molecule has 0 aromatic heterocycles. The third-order valence-electron chi connectivity index (χ3n) is 6.87. The minimum atomic E-state index is -0.404. The minimum Gasteiger partial charge on any atom is -0.339 e. The Hall–Kier alpha value is -2.17. The van der Waals surface area contributed by atoms with Gasteiger partial charge in [-0.15, -0.1) is 0 Å². The van der Waals surface area contributed by atoms with Crippen LogP contribution in [0.5, 0.6) is 0 Å². The Morgan fingerprint density at radius 1 is 0.750 bits per heavy atom. The molecule has 1 amide bonds. The fourth-order valence-corrected chi connectivity index (χ4v) is 4.57. The average Bonchev–Trinajstić information content (AvgIpc) is 2.88. The molecule has 0 radical (unpaired) electrons. The van der Waals surface area contributed by atoms with Crippen molar-refractivity contribution >= 4 is 17.7 Å². The lowest BCUT2D eigenvalue weighted by atomic mass is 10.1. The highest BCUT2D eigenvalue weighted by Crippen LogP contribution is 2.15. The molecule has 0 heterocycles. The predicted molar refractivity (Wildman–Crippen MR) is 153 cm³/mol. The summed E-state index contributed by atoms with van der Waals surface area (Å²) in [5.41, 5.74) is 0.731. The number of hydrogen-bond acceptors (Lipinski definition) is 3. The Morgan fingerprint density at radius 3 is 1.64 bits per heavy atom. The molecule has 0 aliphatic carbocycles. The van der Waals surface area contributed by atoms with E-state index in [2.05, 4.69) is 13.8 Å². The molecule has 36 heavy (non-hydrogen) atoms. The predicted octanol–water partition coefficient (Wildman–Crippen LogP) is 9.50. The summed E-state index contributed by atoms with van der Waals surface area (Å²) in [6, 6.07) is 6.43. The molecule has 0 aliphatic heterocycles. The first-order valence-corrected chi connectivity index (χ1v) is 14.8. The Morgan fingerprint density at radius 2 is 1.19 bits per heavy atom. The van der Waals surface area contributed by atoms with Crippen LogP contribution in [-0.2, 0) is 4.79 Å². The molecule has 1 aromatic rings. The van der Waals surface area contributed by atoms with Crippen molar-refractivity contribution in [3.8, 4) is 0 Å². The van der Waals surface area contributed by atoms with E-state index in [1.54, 1.807) is 24.3 Å². The zero-order chi connectivity index (χ0) is 26.3. The number of nitro benzene ring substituents is 1. The van der Waals surface area contributed by atoms with Crippen molar-refractivity contribution < 1.29 is 9.72 Å². The molecule has 0 bridgehead atoms. The molecule has 0 saturated heterocycles. The van der Waals surface area contributed by atoms with Crippen molar-refractivity contribution in [2.24, 2.45) is 0 Å². The van der Waals surface area contributed by atoms with Crippen LogP contribution >= 0.6 is 0 Å². The second-order valence-electron chi connectivity index (χ2n) is 10.2. The Labute approximate surface area is 220 Å². The van der Waals surface area contributed by atoms with Gasteiger partial charge in [0.05, 0.1) is 4.92 Å². The number of nitrogens with zero attached hydrogens (tertiary/aromatic N) is 2. The number of amides is 1. The fourth-order valence-electron chi connectivity index (χ4n) is 4.57. The summed E-state index contributed by atoms with van der Waals surface area (Å²) in [6.45, 7) is 6.09. The lowest BCUT2D eigenvalue weighted by Gasteiger charge is -2.21. The summed E-state index contributed by atoms with van der Waals surface area (Å²) in [6.07, 6.45) is 26.1. The highest BCUT2D eigenvalue weighted by atomic mass is 16.6. The Balaban J connectivity index is 2.46. The van der Waals surface area contributed by atoms with E-state index >= 15 is 0 Å². The molecule has 5 nitrogen and oxygen atoms in total. The summed E-state index contributed by atoms with van der Waals surface area (Å²) in [5.74, 6) is 0.0145. The number of hydrogen-bond donors (Lipinski definition) is 0. The van der Waals surface area contributed by atoms with Gasteiger partial charge in [0, 0.05) is 31.3 Å². The second-order valence-corrected chi connectivity index (χ2v) is 10.2. The largest absolute Gasteiger partial charge is 0.339 e. The van der Waals surface area contributed by atoms with Gasteiger partial charge in [-0.05, 0) is 24.5 Å². The van der Waals surface area contributed by atoms with Gasteiger partial charge in [0.1, 0.15) is 0 Å². The Kier molecular flexibility index (Phi) is 19.5. The third kappa shape index (κ3) is 16.5. The van der Waals surface area contributed by atoms with Crippen molar-refractivity contribution in [2.45, 2.75) is 129 Å². The smallest absolute Gasteiger partial charge is 0.270 e. The number of carbonyl (C=O) groups is 1. The van der Waals surface area contributed by atoms with E-state index < -0.39 is 4.92 Å². The molecule has 0 unspecified atom stereocenters. The normalized spacial score (nSPS) is 11.3. The first kappa shape index (κ1) is 31.9. The Bertz CT molecular complexity index is 710. The summed E-state index contributed by atoms with van der Waals surface area (Å²) >= 11 is 0. The van der Waals surface area contributed by atoms with Crippen LogP contribution in [0.2, 0.25) is 0 Å². The zero-order valence-corrected chi connectivity index (χ0v) is 23.2. The lowest BCUT2D eigenvalue weighted by molar-refractivity contribution is -0.384. The van der Waals surface area contributed by atoms with Gasteiger partial charge in [-0.25, -0.2) is 0 Å². The molecule has 0 fully saturated rings. The van der Waals surface area contributed by atoms with E-state index in [1.165, 1.54) is 115 Å². The van der Waals surface area contributed by atoms with Crippen molar-refractivity contribution in [1.29, 1.82) is 0 Å². The van der Waals surface area contributed by atoms with Crippen LogP contribution in [0.25, 0.3) is 6.08 Å². The van der Waals surface area contributed by atoms with Gasteiger partial charge in [0.15, 0.2) is 0 Å². The maximum atomic E-state index is 13.0. The van der Waals surface area contributed by atoms with Gasteiger partial charge in [-0.3, -0.25) is 14.9 Å². The van der Waals surface area contributed by atoms with Crippen LogP contribution in [0.15, 0.2) is 30.3 Å². The lowest BCUT2D eigenvalue weighted by Crippen LogP contribution is -2.31. The van der Waals surface area contributed by atoms with E-state index in [9.17, 15) is 14.9 Å². The number of rotatable bonds is 23. The van der Waals surface area contributed by atoms with Crippen LogP contribution in [-0.4, -0.2) is 28.8 Å². The van der Waals surface area contributed by atoms with Crippen LogP contribution in [0, 0.1) is 10.1 Å². The second kappa shape index (κ2) is 22.1. The van der Waals surface area contributed by atoms with Crippen LogP contribution in [0.4, 0.5) is 5.69 Å². The highest BCUT2D eigenvalue weighted by Gasteiger charge is 2.11.